The molecule has 1 aromatic carbocycles. The van der Waals surface area contributed by atoms with Crippen LogP contribution < -0.4 is 5.32 Å². The minimum absolute atomic E-state index is 0.103. The van der Waals surface area contributed by atoms with Gasteiger partial charge in [-0.05, 0) is 37.5 Å². The van der Waals surface area contributed by atoms with E-state index in [1.165, 1.54) is 4.88 Å². The highest BCUT2D eigenvalue weighted by molar-refractivity contribution is 7.09. The molecule has 4 heteroatoms. The molecule has 0 saturated carbocycles. The Labute approximate surface area is 111 Å². The van der Waals surface area contributed by atoms with Crippen molar-refractivity contribution in [3.05, 3.63) is 51.2 Å². The summed E-state index contributed by atoms with van der Waals surface area (Å²) in [7, 11) is 0. The number of aromatic nitrogens is 1. The summed E-state index contributed by atoms with van der Waals surface area (Å²) in [5.41, 5.74) is 4.36. The van der Waals surface area contributed by atoms with Crippen LogP contribution in [0.5, 0.6) is 0 Å². The van der Waals surface area contributed by atoms with E-state index in [9.17, 15) is 4.39 Å². The fourth-order valence-electron chi connectivity index (χ4n) is 1.95. The van der Waals surface area contributed by atoms with Crippen LogP contribution in [-0.2, 0) is 6.54 Å². The van der Waals surface area contributed by atoms with Crippen molar-refractivity contribution in [1.29, 1.82) is 0 Å². The fourth-order valence-corrected chi connectivity index (χ4v) is 2.60. The van der Waals surface area contributed by atoms with Crippen LogP contribution in [0.2, 0.25) is 0 Å². The van der Waals surface area contributed by atoms with Crippen molar-refractivity contribution in [2.24, 2.45) is 0 Å². The fraction of sp³-hybridized carbons (Fsp3) is 0.357. The Bertz CT molecular complexity index is 500. The van der Waals surface area contributed by atoms with Gasteiger partial charge in [0, 0.05) is 23.7 Å². The standard InChI is InChI=1S/C14H17FN2S/c1-9-4-12(5-10(2)14(9)15)6-17-11(3)13-7-16-8-18-13/h4-5,7-8,11,17H,6H2,1-3H3. The monoisotopic (exact) mass is 264 g/mol. The van der Waals surface area contributed by atoms with E-state index < -0.39 is 0 Å². The maximum Gasteiger partial charge on any atom is 0.129 e. The van der Waals surface area contributed by atoms with Crippen LogP contribution in [0.15, 0.2) is 23.8 Å². The predicted molar refractivity (Wildman–Crippen MR) is 73.2 cm³/mol. The van der Waals surface area contributed by atoms with Gasteiger partial charge in [0.15, 0.2) is 0 Å². The van der Waals surface area contributed by atoms with Gasteiger partial charge in [-0.1, -0.05) is 12.1 Å². The van der Waals surface area contributed by atoms with E-state index in [0.717, 1.165) is 12.1 Å². The Morgan fingerprint density at radius 1 is 1.33 bits per heavy atom. The predicted octanol–water partition coefficient (Wildman–Crippen LogP) is 3.75. The minimum atomic E-state index is -0.103. The number of nitrogens with zero attached hydrogens (tertiary/aromatic N) is 1. The van der Waals surface area contributed by atoms with Crippen molar-refractivity contribution in [3.8, 4) is 0 Å². The highest BCUT2D eigenvalue weighted by Gasteiger charge is 2.08. The SMILES string of the molecule is Cc1cc(CNC(C)c2cncs2)cc(C)c1F. The third-order valence-corrected chi connectivity index (χ3v) is 3.95. The molecular formula is C14H17FN2S. The van der Waals surface area contributed by atoms with Crippen molar-refractivity contribution in [2.45, 2.75) is 33.4 Å². The molecule has 18 heavy (non-hydrogen) atoms. The summed E-state index contributed by atoms with van der Waals surface area (Å²) in [5.74, 6) is -0.103. The van der Waals surface area contributed by atoms with E-state index in [1.54, 1.807) is 25.2 Å². The number of thiazole rings is 1. The molecule has 1 atom stereocenters. The van der Waals surface area contributed by atoms with Crippen molar-refractivity contribution in [2.75, 3.05) is 0 Å². The maximum absolute atomic E-state index is 13.5. The number of hydrogen-bond acceptors (Lipinski definition) is 3. The van der Waals surface area contributed by atoms with E-state index in [1.807, 2.05) is 23.8 Å². The van der Waals surface area contributed by atoms with Crippen molar-refractivity contribution in [3.63, 3.8) is 0 Å². The van der Waals surface area contributed by atoms with Gasteiger partial charge in [-0.3, -0.25) is 4.98 Å². The van der Waals surface area contributed by atoms with Crippen molar-refractivity contribution in [1.82, 2.24) is 10.3 Å². The Kier molecular flexibility index (Phi) is 4.09. The second-order valence-corrected chi connectivity index (χ2v) is 5.47. The average molecular weight is 264 g/mol. The topological polar surface area (TPSA) is 24.9 Å². The second kappa shape index (κ2) is 5.59. The maximum atomic E-state index is 13.5. The Morgan fingerprint density at radius 3 is 2.56 bits per heavy atom. The van der Waals surface area contributed by atoms with Crippen LogP contribution in [0, 0.1) is 19.7 Å². The first-order valence-corrected chi connectivity index (χ1v) is 6.83. The third-order valence-electron chi connectivity index (χ3n) is 2.99. The molecule has 96 valence electrons. The van der Waals surface area contributed by atoms with Gasteiger partial charge in [-0.15, -0.1) is 11.3 Å². The summed E-state index contributed by atoms with van der Waals surface area (Å²) >= 11 is 1.64. The molecule has 0 fully saturated rings. The quantitative estimate of drug-likeness (QED) is 0.909. The summed E-state index contributed by atoms with van der Waals surface area (Å²) in [6.45, 7) is 6.45. The van der Waals surface area contributed by atoms with Gasteiger partial charge in [0.2, 0.25) is 0 Å². The number of aryl methyl sites for hydroxylation is 2. The summed E-state index contributed by atoms with van der Waals surface area (Å²) in [6, 6.07) is 4.06. The molecule has 1 aromatic heterocycles. The van der Waals surface area contributed by atoms with E-state index in [2.05, 4.69) is 17.2 Å². The van der Waals surface area contributed by atoms with Gasteiger partial charge in [0.1, 0.15) is 5.82 Å². The van der Waals surface area contributed by atoms with Gasteiger partial charge in [-0.25, -0.2) is 4.39 Å². The van der Waals surface area contributed by atoms with E-state index in [0.29, 0.717) is 11.1 Å². The van der Waals surface area contributed by atoms with Crippen LogP contribution in [0.4, 0.5) is 4.39 Å². The Balaban J connectivity index is 2.02. The highest BCUT2D eigenvalue weighted by Crippen LogP contribution is 2.18. The lowest BCUT2D eigenvalue weighted by Gasteiger charge is -2.13. The first-order chi connectivity index (χ1) is 8.58. The van der Waals surface area contributed by atoms with Gasteiger partial charge in [0.25, 0.3) is 0 Å². The van der Waals surface area contributed by atoms with E-state index in [-0.39, 0.29) is 11.9 Å². The second-order valence-electron chi connectivity index (χ2n) is 4.55. The third kappa shape index (κ3) is 2.94. The van der Waals surface area contributed by atoms with Gasteiger partial charge < -0.3 is 5.32 Å². The molecule has 0 aliphatic carbocycles. The van der Waals surface area contributed by atoms with Crippen molar-refractivity contribution < 1.29 is 4.39 Å². The molecule has 1 heterocycles. The van der Waals surface area contributed by atoms with Gasteiger partial charge in [-0.2, -0.15) is 0 Å². The summed E-state index contributed by atoms with van der Waals surface area (Å²) in [4.78, 5) is 5.28. The van der Waals surface area contributed by atoms with Crippen LogP contribution in [0.1, 0.15) is 34.5 Å². The molecule has 0 aliphatic heterocycles. The van der Waals surface area contributed by atoms with Crippen LogP contribution in [0.3, 0.4) is 0 Å². The Morgan fingerprint density at radius 2 is 2.00 bits per heavy atom. The molecular weight excluding hydrogens is 247 g/mol. The van der Waals surface area contributed by atoms with Gasteiger partial charge >= 0.3 is 0 Å². The summed E-state index contributed by atoms with van der Waals surface area (Å²) in [6.07, 6.45) is 1.88. The van der Waals surface area contributed by atoms with E-state index >= 15 is 0 Å². The number of benzene rings is 1. The zero-order valence-electron chi connectivity index (χ0n) is 10.8. The molecule has 0 saturated heterocycles. The van der Waals surface area contributed by atoms with Crippen LogP contribution >= 0.6 is 11.3 Å². The number of nitrogens with one attached hydrogen (secondary N) is 1. The molecule has 0 aliphatic rings. The van der Waals surface area contributed by atoms with Gasteiger partial charge in [0.05, 0.1) is 5.51 Å². The summed E-state index contributed by atoms with van der Waals surface area (Å²) in [5, 5.41) is 3.42. The lowest BCUT2D eigenvalue weighted by molar-refractivity contribution is 0.576. The highest BCUT2D eigenvalue weighted by atomic mass is 32.1. The first-order valence-electron chi connectivity index (χ1n) is 5.95. The van der Waals surface area contributed by atoms with E-state index in [4.69, 9.17) is 0 Å². The number of hydrogen-bond donors (Lipinski definition) is 1. The largest absolute Gasteiger partial charge is 0.305 e. The minimum Gasteiger partial charge on any atom is -0.305 e. The smallest absolute Gasteiger partial charge is 0.129 e. The molecule has 0 amide bonds. The molecule has 2 rings (SSSR count). The number of halogens is 1. The van der Waals surface area contributed by atoms with Crippen LogP contribution in [-0.4, -0.2) is 4.98 Å². The normalized spacial score (nSPS) is 12.7. The van der Waals surface area contributed by atoms with Crippen molar-refractivity contribution >= 4 is 11.3 Å². The average Bonchev–Trinajstić information content (AvgIpc) is 2.86. The number of rotatable bonds is 4. The molecule has 1 unspecified atom stereocenters. The Hall–Kier alpha value is -1.26. The lowest BCUT2D eigenvalue weighted by Crippen LogP contribution is -2.17. The summed E-state index contributed by atoms with van der Waals surface area (Å²) < 4.78 is 13.5. The molecule has 0 bridgehead atoms. The molecule has 0 radical (unpaired) electrons. The zero-order chi connectivity index (χ0) is 13.1. The van der Waals surface area contributed by atoms with Crippen LogP contribution in [0.25, 0.3) is 0 Å². The molecule has 0 spiro atoms. The molecule has 1 N–H and O–H groups in total. The first kappa shape index (κ1) is 13.2. The molecule has 2 nitrogen and oxygen atoms in total. The molecule has 2 aromatic rings. The lowest BCUT2D eigenvalue weighted by atomic mass is 10.1. The zero-order valence-corrected chi connectivity index (χ0v) is 11.6.